The van der Waals surface area contributed by atoms with Crippen LogP contribution in [0.3, 0.4) is 0 Å². The third-order valence-corrected chi connectivity index (χ3v) is 5.86. The zero-order valence-electron chi connectivity index (χ0n) is 18.4. The largest absolute Gasteiger partial charge is 0.368 e. The summed E-state index contributed by atoms with van der Waals surface area (Å²) in [5.74, 6) is -0.135. The molecule has 0 aromatic heterocycles. The lowest BCUT2D eigenvalue weighted by molar-refractivity contribution is -0.117. The van der Waals surface area contributed by atoms with Crippen molar-refractivity contribution >= 4 is 41.8 Å². The van der Waals surface area contributed by atoms with E-state index in [1.54, 1.807) is 19.2 Å². The second-order valence-electron chi connectivity index (χ2n) is 7.98. The van der Waals surface area contributed by atoms with Gasteiger partial charge in [-0.05, 0) is 36.1 Å². The van der Waals surface area contributed by atoms with Crippen LogP contribution in [0.4, 0.5) is 0 Å². The van der Waals surface area contributed by atoms with Gasteiger partial charge in [-0.3, -0.25) is 14.6 Å². The maximum absolute atomic E-state index is 12.0. The Hall–Kier alpha value is -2.62. The first kappa shape index (κ1) is 25.6. The third-order valence-electron chi connectivity index (χ3n) is 5.86. The number of halogens is 1. The van der Waals surface area contributed by atoms with E-state index in [1.807, 2.05) is 12.1 Å². The van der Waals surface area contributed by atoms with Crippen LogP contribution in [0.15, 0.2) is 59.6 Å². The average molecular weight is 549 g/mol. The van der Waals surface area contributed by atoms with Crippen molar-refractivity contribution in [2.45, 2.75) is 37.6 Å². The number of aliphatic imine (C=N–C) groups is 1. The molecule has 0 radical (unpaired) electrons. The van der Waals surface area contributed by atoms with Crippen molar-refractivity contribution in [1.82, 2.24) is 16.0 Å². The molecule has 2 aromatic rings. The third kappa shape index (κ3) is 6.94. The van der Waals surface area contributed by atoms with Gasteiger partial charge in [-0.1, -0.05) is 55.3 Å². The molecule has 0 heterocycles. The monoisotopic (exact) mass is 549 g/mol. The number of benzene rings is 2. The quantitative estimate of drug-likeness (QED) is 0.231. The molecular formula is C24H32IN5O2. The van der Waals surface area contributed by atoms with Crippen molar-refractivity contribution in [2.24, 2.45) is 10.7 Å². The number of primary amides is 1. The maximum atomic E-state index is 12.0. The number of guanidine groups is 1. The first-order valence-corrected chi connectivity index (χ1v) is 10.7. The van der Waals surface area contributed by atoms with Gasteiger partial charge in [0.1, 0.15) is 0 Å². The Morgan fingerprint density at radius 1 is 0.969 bits per heavy atom. The van der Waals surface area contributed by atoms with Crippen LogP contribution < -0.4 is 21.7 Å². The molecule has 1 aliphatic rings. The van der Waals surface area contributed by atoms with Gasteiger partial charge in [0, 0.05) is 31.1 Å². The molecule has 5 N–H and O–H groups in total. The van der Waals surface area contributed by atoms with Crippen LogP contribution in [0.5, 0.6) is 0 Å². The molecule has 0 bridgehead atoms. The van der Waals surface area contributed by atoms with Crippen molar-refractivity contribution in [1.29, 1.82) is 0 Å². The Kier molecular flexibility index (Phi) is 9.96. The van der Waals surface area contributed by atoms with Gasteiger partial charge in [-0.15, -0.1) is 24.0 Å². The average Bonchev–Trinajstić information content (AvgIpc) is 3.29. The Bertz CT molecular complexity index is 910. The Balaban J connectivity index is 0.00000363. The topological polar surface area (TPSA) is 109 Å². The minimum atomic E-state index is -0.570. The molecule has 2 aromatic carbocycles. The van der Waals surface area contributed by atoms with Gasteiger partial charge in [0.05, 0.1) is 6.54 Å². The summed E-state index contributed by atoms with van der Waals surface area (Å²) in [6.07, 6.45) is 4.87. The summed E-state index contributed by atoms with van der Waals surface area (Å²) >= 11 is 0. The molecule has 3 rings (SSSR count). The molecule has 0 saturated heterocycles. The van der Waals surface area contributed by atoms with Crippen molar-refractivity contribution in [3.8, 4) is 0 Å². The smallest absolute Gasteiger partial charge is 0.251 e. The minimum Gasteiger partial charge on any atom is -0.368 e. The molecule has 0 aliphatic heterocycles. The second-order valence-corrected chi connectivity index (χ2v) is 7.98. The predicted octanol–water partition coefficient (Wildman–Crippen LogP) is 2.70. The Morgan fingerprint density at radius 3 is 2.22 bits per heavy atom. The molecule has 1 fully saturated rings. The first-order chi connectivity index (χ1) is 15.0. The van der Waals surface area contributed by atoms with Crippen molar-refractivity contribution < 1.29 is 9.59 Å². The highest BCUT2D eigenvalue weighted by molar-refractivity contribution is 14.0. The van der Waals surface area contributed by atoms with Crippen LogP contribution in [0.2, 0.25) is 0 Å². The summed E-state index contributed by atoms with van der Waals surface area (Å²) in [6, 6.07) is 17.9. The standard InChI is InChI=1S/C24H31N5O2.HI/c1-26-23(29-17-24(13-5-6-14-24)20-7-3-2-4-8-20)28-15-18-9-11-19(12-10-18)22(31)27-16-21(25)30;/h2-4,7-12H,5-6,13-17H2,1H3,(H2,25,30)(H,27,31)(H2,26,28,29);1H. The van der Waals surface area contributed by atoms with Crippen LogP contribution in [0, 0.1) is 0 Å². The van der Waals surface area contributed by atoms with Crippen molar-refractivity contribution in [3.63, 3.8) is 0 Å². The molecule has 8 heteroatoms. The van der Waals surface area contributed by atoms with Crippen LogP contribution >= 0.6 is 24.0 Å². The first-order valence-electron chi connectivity index (χ1n) is 10.7. The molecule has 32 heavy (non-hydrogen) atoms. The summed E-state index contributed by atoms with van der Waals surface area (Å²) in [5.41, 5.74) is 8.10. The number of nitrogens with zero attached hydrogens (tertiary/aromatic N) is 1. The van der Waals surface area contributed by atoms with E-state index in [1.165, 1.54) is 31.2 Å². The van der Waals surface area contributed by atoms with Crippen LogP contribution in [0.1, 0.15) is 47.2 Å². The Morgan fingerprint density at radius 2 is 1.62 bits per heavy atom. The van der Waals surface area contributed by atoms with Crippen LogP contribution in [0.25, 0.3) is 0 Å². The molecule has 0 spiro atoms. The van der Waals surface area contributed by atoms with E-state index in [4.69, 9.17) is 5.73 Å². The highest BCUT2D eigenvalue weighted by Crippen LogP contribution is 2.40. The second kappa shape index (κ2) is 12.4. The number of carbonyl (C=O) groups excluding carboxylic acids is 2. The molecule has 7 nitrogen and oxygen atoms in total. The van der Waals surface area contributed by atoms with Crippen molar-refractivity contribution in [3.05, 3.63) is 71.3 Å². The van der Waals surface area contributed by atoms with Crippen molar-refractivity contribution in [2.75, 3.05) is 20.1 Å². The molecule has 2 amide bonds. The summed E-state index contributed by atoms with van der Waals surface area (Å²) in [7, 11) is 1.77. The maximum Gasteiger partial charge on any atom is 0.251 e. The normalized spacial score (nSPS) is 14.8. The summed E-state index contributed by atoms with van der Waals surface area (Å²) in [4.78, 5) is 27.1. The van der Waals surface area contributed by atoms with E-state index in [2.05, 4.69) is 51.3 Å². The summed E-state index contributed by atoms with van der Waals surface area (Å²) in [5, 5.41) is 9.33. The number of hydrogen-bond donors (Lipinski definition) is 4. The van der Waals surface area contributed by atoms with Crippen LogP contribution in [-0.2, 0) is 16.8 Å². The van der Waals surface area contributed by atoms with E-state index in [0.717, 1.165) is 18.1 Å². The lowest BCUT2D eigenvalue weighted by Crippen LogP contribution is -2.44. The summed E-state index contributed by atoms with van der Waals surface area (Å²) < 4.78 is 0. The summed E-state index contributed by atoms with van der Waals surface area (Å²) in [6.45, 7) is 1.26. The lowest BCUT2D eigenvalue weighted by Gasteiger charge is -2.30. The zero-order chi connectivity index (χ0) is 22.1. The molecule has 1 aliphatic carbocycles. The fraction of sp³-hybridized carbons (Fsp3) is 0.375. The van der Waals surface area contributed by atoms with E-state index >= 15 is 0 Å². The number of nitrogens with two attached hydrogens (primary N) is 1. The van der Waals surface area contributed by atoms with E-state index in [9.17, 15) is 9.59 Å². The van der Waals surface area contributed by atoms with Gasteiger partial charge in [-0.25, -0.2) is 0 Å². The number of hydrogen-bond acceptors (Lipinski definition) is 3. The highest BCUT2D eigenvalue weighted by Gasteiger charge is 2.35. The number of amides is 2. The molecule has 1 saturated carbocycles. The highest BCUT2D eigenvalue weighted by atomic mass is 127. The molecule has 172 valence electrons. The van der Waals surface area contributed by atoms with E-state index in [-0.39, 0.29) is 41.8 Å². The van der Waals surface area contributed by atoms with E-state index < -0.39 is 5.91 Å². The lowest BCUT2D eigenvalue weighted by atomic mass is 9.79. The number of nitrogens with one attached hydrogen (secondary N) is 3. The SMILES string of the molecule is CN=C(NCc1ccc(C(=O)NCC(N)=O)cc1)NCC1(c2ccccc2)CCCC1.I. The van der Waals surface area contributed by atoms with Gasteiger partial charge >= 0.3 is 0 Å². The Labute approximate surface area is 206 Å². The minimum absolute atomic E-state index is 0. The fourth-order valence-electron chi connectivity index (χ4n) is 4.11. The van der Waals surface area contributed by atoms with Gasteiger partial charge < -0.3 is 21.7 Å². The zero-order valence-corrected chi connectivity index (χ0v) is 20.7. The van der Waals surface area contributed by atoms with E-state index in [0.29, 0.717) is 12.1 Å². The van der Waals surface area contributed by atoms with Gasteiger partial charge in [0.25, 0.3) is 5.91 Å². The number of carbonyl (C=O) groups is 2. The fourth-order valence-corrected chi connectivity index (χ4v) is 4.11. The van der Waals surface area contributed by atoms with Crippen LogP contribution in [-0.4, -0.2) is 37.9 Å². The van der Waals surface area contributed by atoms with Gasteiger partial charge in [0.15, 0.2) is 5.96 Å². The van der Waals surface area contributed by atoms with Gasteiger partial charge in [-0.2, -0.15) is 0 Å². The molecular weight excluding hydrogens is 517 g/mol. The molecule has 0 unspecified atom stereocenters. The van der Waals surface area contributed by atoms with Gasteiger partial charge in [0.2, 0.25) is 5.91 Å². The number of rotatable bonds is 8. The molecule has 0 atom stereocenters. The predicted molar refractivity (Wildman–Crippen MR) is 138 cm³/mol.